The van der Waals surface area contributed by atoms with E-state index in [4.69, 9.17) is 31.2 Å². The lowest BCUT2D eigenvalue weighted by molar-refractivity contribution is -0.0293. The van der Waals surface area contributed by atoms with Gasteiger partial charge in [-0.15, -0.1) is 0 Å². The van der Waals surface area contributed by atoms with Crippen LogP contribution >= 0.6 is 19.2 Å². The van der Waals surface area contributed by atoms with Gasteiger partial charge >= 0.3 is 12.3 Å². The quantitative estimate of drug-likeness (QED) is 0.180. The first kappa shape index (κ1) is 26.6. The topological polar surface area (TPSA) is 217 Å². The van der Waals surface area contributed by atoms with Gasteiger partial charge in [0.05, 0.1) is 12.1 Å². The van der Waals surface area contributed by atoms with Gasteiger partial charge in [-0.3, -0.25) is 9.13 Å². The van der Waals surface area contributed by atoms with Crippen LogP contribution in [0.15, 0.2) is 6.33 Å². The predicted molar refractivity (Wildman–Crippen MR) is 119 cm³/mol. The van der Waals surface area contributed by atoms with Crippen molar-refractivity contribution < 1.29 is 47.2 Å². The number of sulfone groups is 1. The van der Waals surface area contributed by atoms with Crippen molar-refractivity contribution in [3.63, 3.8) is 0 Å². The fraction of sp³-hybridized carbons (Fsp3) is 0.706. The maximum Gasteiger partial charge on any atom is 0.380 e. The fourth-order valence-corrected chi connectivity index (χ4v) is 7.43. The Hall–Kier alpha value is -1.49. The van der Waals surface area contributed by atoms with Crippen LogP contribution in [0.4, 0.5) is 10.2 Å². The summed E-state index contributed by atoms with van der Waals surface area (Å²) < 4.78 is 53.3. The van der Waals surface area contributed by atoms with Crippen LogP contribution in [-0.2, 0) is 19.1 Å². The lowest BCUT2D eigenvalue weighted by Crippen LogP contribution is -2.44. The van der Waals surface area contributed by atoms with E-state index in [0.717, 1.165) is 25.7 Å². The van der Waals surface area contributed by atoms with Crippen molar-refractivity contribution in [3.8, 4) is 0 Å². The molecule has 2 aromatic rings. The largest absolute Gasteiger partial charge is 0.391 e. The van der Waals surface area contributed by atoms with Crippen LogP contribution in [0.5, 0.6) is 0 Å². The highest BCUT2D eigenvalue weighted by molar-refractivity contribution is 7.99. The number of rotatable bonds is 8. The minimum atomic E-state index is -5.98. The maximum atomic E-state index is 14.7. The number of hydrogen-bond donors (Lipinski definition) is 6. The second-order valence-electron chi connectivity index (χ2n) is 8.51. The summed E-state index contributed by atoms with van der Waals surface area (Å²) in [5, 5.41) is 33.1. The molecule has 0 amide bonds. The molecule has 1 unspecified atom stereocenters. The van der Waals surface area contributed by atoms with E-state index < -0.39 is 59.1 Å². The molecular weight excluding hydrogens is 536 g/mol. The normalized spacial score (nSPS) is 28.0. The molecule has 6 N–H and O–H groups in total. The van der Waals surface area contributed by atoms with Gasteiger partial charge in [-0.1, -0.05) is 12.8 Å². The van der Waals surface area contributed by atoms with Gasteiger partial charge in [0.1, 0.15) is 24.9 Å². The Morgan fingerprint density at radius 1 is 1.26 bits per heavy atom. The number of fused-ring (bicyclic) bond motifs is 1. The molecule has 0 radical (unpaired) electrons. The Bertz CT molecular complexity index is 1260. The third-order valence-electron chi connectivity index (χ3n) is 6.19. The molecule has 2 aliphatic rings. The zero-order chi connectivity index (χ0) is 25.8. The van der Waals surface area contributed by atoms with Gasteiger partial charge in [0.2, 0.25) is 15.1 Å². The number of anilines is 1. The van der Waals surface area contributed by atoms with E-state index in [1.54, 1.807) is 0 Å². The van der Waals surface area contributed by atoms with E-state index in [2.05, 4.69) is 20.3 Å². The van der Waals surface area contributed by atoms with Gasteiger partial charge in [0, 0.05) is 6.04 Å². The number of alkyl halides is 1. The first-order chi connectivity index (χ1) is 16.3. The van der Waals surface area contributed by atoms with E-state index >= 15 is 0 Å². The smallest absolute Gasteiger partial charge is 0.380 e. The SMILES string of the molecule is O=P(O)(O)C(F)(CO)S(=O)(=O)C[C@H]1O[C@@H](n2cnc3c(NC4CCCC4)nc(Cl)nc32)[C@H](O)[C@@H]1O. The molecule has 0 bridgehead atoms. The average molecular weight is 560 g/mol. The highest BCUT2D eigenvalue weighted by atomic mass is 35.5. The Balaban J connectivity index is 1.63. The molecule has 18 heteroatoms. The van der Waals surface area contributed by atoms with Gasteiger partial charge in [-0.2, -0.15) is 9.97 Å². The molecule has 2 aromatic heterocycles. The van der Waals surface area contributed by atoms with Gasteiger partial charge in [-0.05, 0) is 24.4 Å². The molecule has 35 heavy (non-hydrogen) atoms. The van der Waals surface area contributed by atoms with Crippen LogP contribution in [0, 0.1) is 0 Å². The second kappa shape index (κ2) is 9.43. The number of imidazole rings is 1. The van der Waals surface area contributed by atoms with Crippen molar-refractivity contribution in [2.75, 3.05) is 17.7 Å². The molecule has 0 spiro atoms. The summed E-state index contributed by atoms with van der Waals surface area (Å²) >= 11 is 6.06. The van der Waals surface area contributed by atoms with Crippen LogP contribution in [-0.4, -0.2) is 94.5 Å². The zero-order valence-electron chi connectivity index (χ0n) is 18.0. The molecular formula is C17H24ClFN5O9PS. The highest BCUT2D eigenvalue weighted by Gasteiger charge is 2.60. The lowest BCUT2D eigenvalue weighted by atomic mass is 10.1. The van der Waals surface area contributed by atoms with Crippen molar-refractivity contribution >= 4 is 46.0 Å². The van der Waals surface area contributed by atoms with Crippen molar-refractivity contribution in [2.45, 2.75) is 61.0 Å². The summed E-state index contributed by atoms with van der Waals surface area (Å²) in [5.41, 5.74) is 0.364. The summed E-state index contributed by atoms with van der Waals surface area (Å²) in [6, 6.07) is 0.153. The molecule has 3 heterocycles. The minimum absolute atomic E-state index is 0.0932. The Kier molecular flexibility index (Phi) is 7.16. The summed E-state index contributed by atoms with van der Waals surface area (Å²) in [6.45, 7) is -2.02. The van der Waals surface area contributed by atoms with Crippen molar-refractivity contribution in [1.29, 1.82) is 0 Å². The number of aromatic nitrogens is 4. The van der Waals surface area contributed by atoms with Crippen LogP contribution in [0.1, 0.15) is 31.9 Å². The third-order valence-corrected chi connectivity index (χ3v) is 10.8. The maximum absolute atomic E-state index is 14.7. The number of hydrogen-bond acceptors (Lipinski definition) is 11. The number of halogens is 2. The monoisotopic (exact) mass is 559 g/mol. The van der Waals surface area contributed by atoms with Crippen molar-refractivity contribution in [3.05, 3.63) is 11.6 Å². The van der Waals surface area contributed by atoms with Crippen molar-refractivity contribution in [2.24, 2.45) is 0 Å². The predicted octanol–water partition coefficient (Wildman–Crippen LogP) is -0.339. The van der Waals surface area contributed by atoms with Gasteiger partial charge in [0.25, 0.3) is 0 Å². The zero-order valence-corrected chi connectivity index (χ0v) is 20.4. The standard InChI is InChI=1S/C17H24ClFN5O9PS/c18-16-22-13(21-8-3-1-2-4-8)10-14(23-16)24(7-20-10)15-12(27)11(26)9(33-15)5-35(31,32)17(19,6-25)34(28,29)30/h7-9,11-12,15,25-27H,1-6H2,(H,21,22,23)(H2,28,29,30)/t9-,11-,12-,15-,17?/m1/s1. The van der Waals surface area contributed by atoms with E-state index in [0.29, 0.717) is 5.82 Å². The number of aliphatic hydroxyl groups excluding tert-OH is 3. The van der Waals surface area contributed by atoms with E-state index in [1.807, 2.05) is 0 Å². The summed E-state index contributed by atoms with van der Waals surface area (Å²) in [7, 11) is -11.4. The van der Waals surface area contributed by atoms with Crippen LogP contribution in [0.3, 0.4) is 0 Å². The molecule has 1 saturated heterocycles. The Morgan fingerprint density at radius 2 is 1.91 bits per heavy atom. The number of ether oxygens (including phenoxy) is 1. The highest BCUT2D eigenvalue weighted by Crippen LogP contribution is 2.55. The Morgan fingerprint density at radius 3 is 2.51 bits per heavy atom. The lowest BCUT2D eigenvalue weighted by Gasteiger charge is -2.25. The number of nitrogens with one attached hydrogen (secondary N) is 1. The molecule has 0 aromatic carbocycles. The second-order valence-corrected chi connectivity index (χ2v) is 13.2. The molecule has 196 valence electrons. The van der Waals surface area contributed by atoms with Gasteiger partial charge in [0.15, 0.2) is 23.2 Å². The van der Waals surface area contributed by atoms with Crippen molar-refractivity contribution in [1.82, 2.24) is 19.5 Å². The first-order valence-corrected chi connectivity index (χ1v) is 14.2. The summed E-state index contributed by atoms with van der Waals surface area (Å²) in [6.07, 6.45) is -1.77. The molecule has 1 saturated carbocycles. The van der Waals surface area contributed by atoms with E-state index in [9.17, 15) is 27.6 Å². The number of nitrogens with zero attached hydrogens (tertiary/aromatic N) is 4. The Labute approximate surface area is 203 Å². The minimum Gasteiger partial charge on any atom is -0.391 e. The molecule has 5 atom stereocenters. The van der Waals surface area contributed by atoms with Gasteiger partial charge < -0.3 is 35.2 Å². The van der Waals surface area contributed by atoms with Crippen LogP contribution < -0.4 is 5.32 Å². The third kappa shape index (κ3) is 4.67. The number of aliphatic hydroxyl groups is 3. The summed E-state index contributed by atoms with van der Waals surface area (Å²) in [5.74, 6) is -1.11. The van der Waals surface area contributed by atoms with Crippen LogP contribution in [0.2, 0.25) is 5.28 Å². The average Bonchev–Trinajstić information content (AvgIpc) is 3.49. The molecule has 2 fully saturated rings. The molecule has 1 aliphatic carbocycles. The van der Waals surface area contributed by atoms with Gasteiger partial charge in [-0.25, -0.2) is 17.8 Å². The fourth-order valence-electron chi connectivity index (χ4n) is 4.25. The molecule has 14 nitrogen and oxygen atoms in total. The van der Waals surface area contributed by atoms with E-state index in [1.165, 1.54) is 10.9 Å². The molecule has 4 rings (SSSR count). The molecule has 1 aliphatic heterocycles. The first-order valence-electron chi connectivity index (χ1n) is 10.5. The van der Waals surface area contributed by atoms with E-state index in [-0.39, 0.29) is 22.5 Å². The summed E-state index contributed by atoms with van der Waals surface area (Å²) in [4.78, 5) is 30.7. The van der Waals surface area contributed by atoms with Crippen LogP contribution in [0.25, 0.3) is 11.2 Å².